The molecule has 2 rings (SSSR count). The van der Waals surface area contributed by atoms with Crippen molar-refractivity contribution in [2.75, 3.05) is 27.2 Å². The van der Waals surface area contributed by atoms with Crippen LogP contribution in [0.5, 0.6) is 5.75 Å². The molecule has 0 bridgehead atoms. The molecule has 118 valence electrons. The van der Waals surface area contributed by atoms with E-state index in [4.69, 9.17) is 4.74 Å². The summed E-state index contributed by atoms with van der Waals surface area (Å²) in [5, 5.41) is 3.15. The van der Waals surface area contributed by atoms with E-state index in [2.05, 4.69) is 48.5 Å². The van der Waals surface area contributed by atoms with Gasteiger partial charge in [0.25, 0.3) is 0 Å². The maximum atomic E-state index is 5.87. The van der Waals surface area contributed by atoms with E-state index in [0.29, 0.717) is 0 Å². The minimum atomic E-state index is 0.736. The van der Waals surface area contributed by atoms with Crippen molar-refractivity contribution in [3.8, 4) is 5.75 Å². The second kappa shape index (κ2) is 8.40. The molecule has 1 fully saturated rings. The molecule has 0 aliphatic heterocycles. The highest BCUT2D eigenvalue weighted by molar-refractivity contribution is 5.27. The summed E-state index contributed by atoms with van der Waals surface area (Å²) in [7, 11) is 4.21. The van der Waals surface area contributed by atoms with Gasteiger partial charge in [-0.05, 0) is 50.6 Å². The van der Waals surface area contributed by atoms with E-state index < -0.39 is 0 Å². The monoisotopic (exact) mass is 290 g/mol. The topological polar surface area (TPSA) is 24.5 Å². The molecule has 1 aromatic rings. The first kappa shape index (κ1) is 16.3. The van der Waals surface area contributed by atoms with Crippen LogP contribution in [-0.4, -0.2) is 38.2 Å². The van der Waals surface area contributed by atoms with Crippen LogP contribution in [0.25, 0.3) is 0 Å². The summed E-state index contributed by atoms with van der Waals surface area (Å²) >= 11 is 0. The van der Waals surface area contributed by atoms with E-state index in [1.807, 2.05) is 7.05 Å². The highest BCUT2D eigenvalue weighted by Gasteiger charge is 2.24. The van der Waals surface area contributed by atoms with Crippen molar-refractivity contribution in [1.29, 1.82) is 0 Å². The summed E-state index contributed by atoms with van der Waals surface area (Å²) in [6.45, 7) is 5.07. The Bertz CT molecular complexity index is 404. The van der Waals surface area contributed by atoms with Gasteiger partial charge in [0.1, 0.15) is 12.4 Å². The van der Waals surface area contributed by atoms with Crippen molar-refractivity contribution in [2.45, 2.75) is 45.2 Å². The lowest BCUT2D eigenvalue weighted by atomic mass is 9.85. The average molecular weight is 290 g/mol. The summed E-state index contributed by atoms with van der Waals surface area (Å²) < 4.78 is 5.87. The zero-order valence-corrected chi connectivity index (χ0v) is 13.8. The molecular formula is C18H30N2O. The molecule has 3 heteroatoms. The van der Waals surface area contributed by atoms with E-state index in [1.54, 1.807) is 0 Å². The van der Waals surface area contributed by atoms with Crippen LogP contribution in [0.3, 0.4) is 0 Å². The highest BCUT2D eigenvalue weighted by Crippen LogP contribution is 2.27. The Labute approximate surface area is 129 Å². The third kappa shape index (κ3) is 5.01. The van der Waals surface area contributed by atoms with Gasteiger partial charge >= 0.3 is 0 Å². The minimum Gasteiger partial charge on any atom is -0.492 e. The maximum absolute atomic E-state index is 5.87. The SMILES string of the molecule is CNCc1ccc(OCCN(C)C2CCCCC2C)cc1. The van der Waals surface area contributed by atoms with Crippen LogP contribution in [-0.2, 0) is 6.54 Å². The Morgan fingerprint density at radius 3 is 2.57 bits per heavy atom. The van der Waals surface area contributed by atoms with Crippen LogP contribution in [0.4, 0.5) is 0 Å². The molecule has 0 radical (unpaired) electrons. The molecule has 0 aromatic heterocycles. The predicted molar refractivity (Wildman–Crippen MR) is 88.8 cm³/mol. The standard InChI is InChI=1S/C18H30N2O/c1-15-6-4-5-7-18(15)20(3)12-13-21-17-10-8-16(9-11-17)14-19-2/h8-11,15,18-19H,4-7,12-14H2,1-3H3. The molecule has 3 nitrogen and oxygen atoms in total. The molecular weight excluding hydrogens is 260 g/mol. The molecule has 0 saturated heterocycles. The number of nitrogens with one attached hydrogen (secondary N) is 1. The fraction of sp³-hybridized carbons (Fsp3) is 0.667. The normalized spacial score (nSPS) is 22.5. The number of likely N-dealkylation sites (N-methyl/N-ethyl adjacent to an activating group) is 1. The zero-order chi connectivity index (χ0) is 15.1. The van der Waals surface area contributed by atoms with Gasteiger partial charge in [-0.3, -0.25) is 4.90 Å². The van der Waals surface area contributed by atoms with Crippen molar-refractivity contribution in [3.05, 3.63) is 29.8 Å². The van der Waals surface area contributed by atoms with Gasteiger partial charge in [-0.25, -0.2) is 0 Å². The van der Waals surface area contributed by atoms with E-state index >= 15 is 0 Å². The first-order valence-electron chi connectivity index (χ1n) is 8.27. The molecule has 1 saturated carbocycles. The molecule has 1 aliphatic rings. The van der Waals surface area contributed by atoms with Crippen molar-refractivity contribution < 1.29 is 4.74 Å². The number of hydrogen-bond donors (Lipinski definition) is 1. The Hall–Kier alpha value is -1.06. The molecule has 1 aromatic carbocycles. The van der Waals surface area contributed by atoms with Gasteiger partial charge in [-0.1, -0.05) is 31.9 Å². The van der Waals surface area contributed by atoms with Gasteiger partial charge < -0.3 is 10.1 Å². The number of benzene rings is 1. The highest BCUT2D eigenvalue weighted by atomic mass is 16.5. The molecule has 0 spiro atoms. The Balaban J connectivity index is 1.73. The fourth-order valence-corrected chi connectivity index (χ4v) is 3.33. The predicted octanol–water partition coefficient (Wildman–Crippen LogP) is 3.30. The molecule has 1 N–H and O–H groups in total. The van der Waals surface area contributed by atoms with Crippen LogP contribution < -0.4 is 10.1 Å². The molecule has 0 amide bonds. The second-order valence-corrected chi connectivity index (χ2v) is 6.33. The smallest absolute Gasteiger partial charge is 0.119 e. The van der Waals surface area contributed by atoms with Gasteiger partial charge in [0.05, 0.1) is 0 Å². The maximum Gasteiger partial charge on any atom is 0.119 e. The van der Waals surface area contributed by atoms with Crippen molar-refractivity contribution in [2.24, 2.45) is 5.92 Å². The lowest BCUT2D eigenvalue weighted by Gasteiger charge is -2.36. The summed E-state index contributed by atoms with van der Waals surface area (Å²) in [6, 6.07) is 9.11. The van der Waals surface area contributed by atoms with Crippen molar-refractivity contribution in [3.63, 3.8) is 0 Å². The van der Waals surface area contributed by atoms with Gasteiger partial charge in [0, 0.05) is 19.1 Å². The Kier molecular flexibility index (Phi) is 6.52. The van der Waals surface area contributed by atoms with Gasteiger partial charge in [0.15, 0.2) is 0 Å². The number of ether oxygens (including phenoxy) is 1. The molecule has 1 aliphatic carbocycles. The van der Waals surface area contributed by atoms with Crippen LogP contribution in [0, 0.1) is 5.92 Å². The zero-order valence-electron chi connectivity index (χ0n) is 13.8. The summed E-state index contributed by atoms with van der Waals surface area (Å²) in [5.74, 6) is 1.80. The Morgan fingerprint density at radius 2 is 1.90 bits per heavy atom. The largest absolute Gasteiger partial charge is 0.492 e. The summed E-state index contributed by atoms with van der Waals surface area (Å²) in [6.07, 6.45) is 5.51. The second-order valence-electron chi connectivity index (χ2n) is 6.33. The lowest BCUT2D eigenvalue weighted by molar-refractivity contribution is 0.120. The quantitative estimate of drug-likeness (QED) is 0.834. The van der Waals surface area contributed by atoms with Crippen LogP contribution in [0.2, 0.25) is 0 Å². The van der Waals surface area contributed by atoms with E-state index in [0.717, 1.165) is 37.4 Å². The number of nitrogens with zero attached hydrogens (tertiary/aromatic N) is 1. The van der Waals surface area contributed by atoms with E-state index in [-0.39, 0.29) is 0 Å². The van der Waals surface area contributed by atoms with Crippen LogP contribution in [0.1, 0.15) is 38.2 Å². The Morgan fingerprint density at radius 1 is 1.19 bits per heavy atom. The van der Waals surface area contributed by atoms with Crippen LogP contribution in [0.15, 0.2) is 24.3 Å². The third-order valence-electron chi connectivity index (χ3n) is 4.65. The van der Waals surface area contributed by atoms with Crippen LogP contribution >= 0.6 is 0 Å². The first-order valence-corrected chi connectivity index (χ1v) is 8.27. The minimum absolute atomic E-state index is 0.736. The van der Waals surface area contributed by atoms with Gasteiger partial charge in [-0.2, -0.15) is 0 Å². The number of rotatable bonds is 7. The molecule has 21 heavy (non-hydrogen) atoms. The summed E-state index contributed by atoms with van der Waals surface area (Å²) in [4.78, 5) is 2.49. The van der Waals surface area contributed by atoms with Crippen molar-refractivity contribution in [1.82, 2.24) is 10.2 Å². The van der Waals surface area contributed by atoms with Gasteiger partial charge in [0.2, 0.25) is 0 Å². The molecule has 2 unspecified atom stereocenters. The van der Waals surface area contributed by atoms with Crippen molar-refractivity contribution >= 4 is 0 Å². The third-order valence-corrected chi connectivity index (χ3v) is 4.65. The first-order chi connectivity index (χ1) is 10.2. The van der Waals surface area contributed by atoms with E-state index in [1.165, 1.54) is 31.2 Å². The fourth-order valence-electron chi connectivity index (χ4n) is 3.33. The average Bonchev–Trinajstić information content (AvgIpc) is 2.49. The number of hydrogen-bond acceptors (Lipinski definition) is 3. The van der Waals surface area contributed by atoms with E-state index in [9.17, 15) is 0 Å². The lowest BCUT2D eigenvalue weighted by Crippen LogP contribution is -2.40. The summed E-state index contributed by atoms with van der Waals surface area (Å²) in [5.41, 5.74) is 1.29. The van der Waals surface area contributed by atoms with Gasteiger partial charge in [-0.15, -0.1) is 0 Å². The molecule has 0 heterocycles. The molecule has 2 atom stereocenters.